The van der Waals surface area contributed by atoms with Gasteiger partial charge in [0.2, 0.25) is 0 Å². The van der Waals surface area contributed by atoms with Gasteiger partial charge in [-0.2, -0.15) is 0 Å². The number of nitrogens with zero attached hydrogens (tertiary/aromatic N) is 2. The fraction of sp³-hybridized carbons (Fsp3) is 0.0833. The summed E-state index contributed by atoms with van der Waals surface area (Å²) in [6.45, 7) is 2.05. The van der Waals surface area contributed by atoms with Crippen molar-refractivity contribution in [2.45, 2.75) is 6.92 Å². The van der Waals surface area contributed by atoms with Crippen LogP contribution in [0.25, 0.3) is 0 Å². The van der Waals surface area contributed by atoms with Gasteiger partial charge >= 0.3 is 0 Å². The Morgan fingerprint density at radius 1 is 1.07 bits per heavy atom. The van der Waals surface area contributed by atoms with Crippen LogP contribution in [0.4, 0.5) is 0 Å². The number of pyridine rings is 2. The zero-order chi connectivity index (χ0) is 9.80. The summed E-state index contributed by atoms with van der Waals surface area (Å²) in [6.07, 6.45) is 5.43. The Kier molecular flexibility index (Phi) is 2.54. The van der Waals surface area contributed by atoms with Crippen LogP contribution in [-0.2, 0) is 0 Å². The number of hydrogen-bond donors (Lipinski definition) is 0. The van der Waals surface area contributed by atoms with Crippen molar-refractivity contribution in [3.63, 3.8) is 0 Å². The molecule has 0 aliphatic carbocycles. The Morgan fingerprint density at radius 2 is 2.00 bits per heavy atom. The van der Waals surface area contributed by atoms with Crippen molar-refractivity contribution in [3.05, 3.63) is 66.1 Å². The molecule has 1 radical (unpaired) electrons. The molecule has 0 aliphatic heterocycles. The van der Waals surface area contributed by atoms with Crippen LogP contribution >= 0.6 is 0 Å². The normalized spacial score (nSPS) is 10.4. The smallest absolute Gasteiger partial charge is 0.0519 e. The van der Waals surface area contributed by atoms with E-state index in [1.54, 1.807) is 12.4 Å². The molecule has 0 atom stereocenters. The predicted octanol–water partition coefficient (Wildman–Crippen LogP) is 2.47. The molecule has 0 saturated heterocycles. The van der Waals surface area contributed by atoms with E-state index in [1.165, 1.54) is 0 Å². The van der Waals surface area contributed by atoms with Crippen LogP contribution in [0.1, 0.15) is 18.2 Å². The van der Waals surface area contributed by atoms with E-state index in [4.69, 9.17) is 0 Å². The third-order valence-corrected chi connectivity index (χ3v) is 2.14. The van der Waals surface area contributed by atoms with E-state index in [2.05, 4.69) is 16.9 Å². The molecular weight excluding hydrogens is 172 g/mol. The van der Waals surface area contributed by atoms with E-state index in [1.807, 2.05) is 36.5 Å². The van der Waals surface area contributed by atoms with Crippen molar-refractivity contribution in [1.29, 1.82) is 0 Å². The summed E-state index contributed by atoms with van der Waals surface area (Å²) in [7, 11) is 0. The van der Waals surface area contributed by atoms with Crippen LogP contribution in [0.15, 0.2) is 48.9 Å². The quantitative estimate of drug-likeness (QED) is 0.714. The second-order valence-electron chi connectivity index (χ2n) is 3.08. The summed E-state index contributed by atoms with van der Waals surface area (Å²) in [6, 6.07) is 9.88. The summed E-state index contributed by atoms with van der Waals surface area (Å²) in [5.74, 6) is 1.15. The summed E-state index contributed by atoms with van der Waals surface area (Å²) < 4.78 is 0. The highest BCUT2D eigenvalue weighted by Gasteiger charge is 2.09. The highest BCUT2D eigenvalue weighted by atomic mass is 14.7. The van der Waals surface area contributed by atoms with Crippen LogP contribution in [0, 0.1) is 5.92 Å². The second-order valence-corrected chi connectivity index (χ2v) is 3.08. The lowest BCUT2D eigenvalue weighted by molar-refractivity contribution is 1.07. The Hall–Kier alpha value is -1.70. The van der Waals surface area contributed by atoms with Crippen molar-refractivity contribution in [1.82, 2.24) is 9.97 Å². The highest BCUT2D eigenvalue weighted by Crippen LogP contribution is 2.19. The molecule has 0 aliphatic rings. The predicted molar refractivity (Wildman–Crippen MR) is 55.6 cm³/mol. The van der Waals surface area contributed by atoms with Crippen LogP contribution in [-0.4, -0.2) is 9.97 Å². The zero-order valence-corrected chi connectivity index (χ0v) is 8.01. The molecule has 0 aromatic carbocycles. The summed E-state index contributed by atoms with van der Waals surface area (Å²) in [5, 5.41) is 0. The molecule has 0 unspecified atom stereocenters. The van der Waals surface area contributed by atoms with Crippen molar-refractivity contribution in [3.8, 4) is 0 Å². The fourth-order valence-corrected chi connectivity index (χ4v) is 1.32. The molecule has 2 nitrogen and oxygen atoms in total. The van der Waals surface area contributed by atoms with Crippen LogP contribution in [0.5, 0.6) is 0 Å². The third kappa shape index (κ3) is 1.79. The lowest BCUT2D eigenvalue weighted by Gasteiger charge is -2.08. The summed E-state index contributed by atoms with van der Waals surface area (Å²) in [4.78, 5) is 8.37. The first kappa shape index (κ1) is 8.88. The molecule has 14 heavy (non-hydrogen) atoms. The van der Waals surface area contributed by atoms with Crippen LogP contribution < -0.4 is 0 Å². The van der Waals surface area contributed by atoms with Gasteiger partial charge in [-0.15, -0.1) is 0 Å². The maximum Gasteiger partial charge on any atom is 0.0519 e. The van der Waals surface area contributed by atoms with E-state index >= 15 is 0 Å². The molecular formula is C12H11N2. The summed E-state index contributed by atoms with van der Waals surface area (Å²) in [5.41, 5.74) is 2.12. The van der Waals surface area contributed by atoms with Crippen LogP contribution in [0.2, 0.25) is 0 Å². The number of rotatable bonds is 2. The van der Waals surface area contributed by atoms with Gasteiger partial charge in [-0.05, 0) is 30.7 Å². The van der Waals surface area contributed by atoms with Crippen molar-refractivity contribution in [2.75, 3.05) is 0 Å². The van der Waals surface area contributed by atoms with Crippen LogP contribution in [0.3, 0.4) is 0 Å². The van der Waals surface area contributed by atoms with E-state index < -0.39 is 0 Å². The molecule has 0 spiro atoms. The number of aromatic nitrogens is 2. The monoisotopic (exact) mass is 183 g/mol. The van der Waals surface area contributed by atoms with Gasteiger partial charge in [-0.3, -0.25) is 9.97 Å². The average Bonchev–Trinajstić information content (AvgIpc) is 2.30. The van der Waals surface area contributed by atoms with Gasteiger partial charge in [0.05, 0.1) is 11.6 Å². The van der Waals surface area contributed by atoms with Gasteiger partial charge in [-0.25, -0.2) is 0 Å². The molecule has 2 heteroatoms. The lowest BCUT2D eigenvalue weighted by atomic mass is 9.99. The Labute approximate surface area is 83.7 Å². The first-order valence-corrected chi connectivity index (χ1v) is 4.53. The minimum Gasteiger partial charge on any atom is -0.264 e. The van der Waals surface area contributed by atoms with E-state index in [9.17, 15) is 0 Å². The first-order chi connectivity index (χ1) is 6.88. The standard InChI is InChI=1S/C12H11N2/c1-10(11-5-4-7-13-9-11)12-6-2-3-8-14-12/h2-9H,1H3. The minimum absolute atomic E-state index is 1.00. The van der Waals surface area contributed by atoms with Gasteiger partial charge in [0.15, 0.2) is 0 Å². The highest BCUT2D eigenvalue weighted by molar-refractivity contribution is 5.38. The third-order valence-electron chi connectivity index (χ3n) is 2.14. The molecule has 0 fully saturated rings. The molecule has 0 bridgehead atoms. The minimum atomic E-state index is 1.00. The Morgan fingerprint density at radius 3 is 2.64 bits per heavy atom. The van der Waals surface area contributed by atoms with E-state index in [-0.39, 0.29) is 0 Å². The second kappa shape index (κ2) is 4.01. The van der Waals surface area contributed by atoms with Crippen molar-refractivity contribution >= 4 is 0 Å². The van der Waals surface area contributed by atoms with Gasteiger partial charge in [0.1, 0.15) is 0 Å². The largest absolute Gasteiger partial charge is 0.264 e. The summed E-state index contributed by atoms with van der Waals surface area (Å²) >= 11 is 0. The molecule has 2 rings (SSSR count). The molecule has 69 valence electrons. The maximum absolute atomic E-state index is 4.29. The lowest BCUT2D eigenvalue weighted by Crippen LogP contribution is -1.99. The molecule has 2 heterocycles. The van der Waals surface area contributed by atoms with Gasteiger partial charge in [0, 0.05) is 18.6 Å². The first-order valence-electron chi connectivity index (χ1n) is 4.53. The number of hydrogen-bond acceptors (Lipinski definition) is 2. The van der Waals surface area contributed by atoms with Crippen molar-refractivity contribution in [2.24, 2.45) is 0 Å². The Bertz CT molecular complexity index is 344. The zero-order valence-electron chi connectivity index (χ0n) is 8.01. The molecule has 2 aromatic heterocycles. The topological polar surface area (TPSA) is 25.8 Å². The molecule has 0 amide bonds. The maximum atomic E-state index is 4.29. The fourth-order valence-electron chi connectivity index (χ4n) is 1.32. The van der Waals surface area contributed by atoms with E-state index in [0.29, 0.717) is 0 Å². The SMILES string of the molecule is C[C](c1cccnc1)c1ccccn1. The van der Waals surface area contributed by atoms with E-state index in [0.717, 1.165) is 17.2 Å². The average molecular weight is 183 g/mol. The molecule has 0 saturated carbocycles. The van der Waals surface area contributed by atoms with Crippen molar-refractivity contribution < 1.29 is 0 Å². The molecule has 2 aromatic rings. The van der Waals surface area contributed by atoms with Gasteiger partial charge in [-0.1, -0.05) is 12.1 Å². The Balaban J connectivity index is 2.30. The van der Waals surface area contributed by atoms with Gasteiger partial charge < -0.3 is 0 Å². The molecule has 0 N–H and O–H groups in total. The van der Waals surface area contributed by atoms with Gasteiger partial charge in [0.25, 0.3) is 0 Å².